The SMILES string of the molecule is C#C[C@H]1CCC[C@@]2(C(=O)OCC)CCCC[C@@]12O. The molecule has 3 nitrogen and oxygen atoms in total. The van der Waals surface area contributed by atoms with Crippen molar-refractivity contribution in [3.05, 3.63) is 0 Å². The lowest BCUT2D eigenvalue weighted by Crippen LogP contribution is -2.61. The Morgan fingerprint density at radius 1 is 1.39 bits per heavy atom. The third-order valence-electron chi connectivity index (χ3n) is 4.78. The van der Waals surface area contributed by atoms with Crippen LogP contribution in [0.5, 0.6) is 0 Å². The van der Waals surface area contributed by atoms with Crippen LogP contribution < -0.4 is 0 Å². The number of esters is 1. The van der Waals surface area contributed by atoms with Gasteiger partial charge in [-0.25, -0.2) is 0 Å². The summed E-state index contributed by atoms with van der Waals surface area (Å²) in [6, 6.07) is 0. The van der Waals surface area contributed by atoms with E-state index in [0.29, 0.717) is 25.9 Å². The molecule has 0 aromatic heterocycles. The molecule has 0 amide bonds. The van der Waals surface area contributed by atoms with Crippen LogP contribution >= 0.6 is 0 Å². The van der Waals surface area contributed by atoms with Gasteiger partial charge in [0.1, 0.15) is 0 Å². The summed E-state index contributed by atoms with van der Waals surface area (Å²) in [5, 5.41) is 11.1. The molecule has 0 aromatic carbocycles. The molecule has 2 aliphatic carbocycles. The minimum atomic E-state index is -1.05. The Morgan fingerprint density at radius 3 is 2.72 bits per heavy atom. The van der Waals surface area contributed by atoms with Gasteiger partial charge in [0, 0.05) is 5.92 Å². The quantitative estimate of drug-likeness (QED) is 0.604. The third kappa shape index (κ3) is 1.75. The fourth-order valence-electron chi connectivity index (χ4n) is 3.84. The highest BCUT2D eigenvalue weighted by atomic mass is 16.5. The van der Waals surface area contributed by atoms with Crippen molar-refractivity contribution in [3.63, 3.8) is 0 Å². The summed E-state index contributed by atoms with van der Waals surface area (Å²) in [6.07, 6.45) is 11.2. The number of hydrogen-bond acceptors (Lipinski definition) is 3. The minimum Gasteiger partial charge on any atom is -0.465 e. The van der Waals surface area contributed by atoms with Crippen molar-refractivity contribution in [2.45, 2.75) is 57.5 Å². The molecule has 0 bridgehead atoms. The molecule has 18 heavy (non-hydrogen) atoms. The summed E-state index contributed by atoms with van der Waals surface area (Å²) in [5.74, 6) is 2.25. The lowest BCUT2D eigenvalue weighted by Gasteiger charge is -2.54. The molecule has 3 atom stereocenters. The van der Waals surface area contributed by atoms with Gasteiger partial charge in [-0.05, 0) is 32.6 Å². The van der Waals surface area contributed by atoms with E-state index in [2.05, 4.69) is 5.92 Å². The van der Waals surface area contributed by atoms with Crippen LogP contribution in [-0.4, -0.2) is 23.3 Å². The van der Waals surface area contributed by atoms with Crippen molar-refractivity contribution in [1.82, 2.24) is 0 Å². The second-order valence-electron chi connectivity index (χ2n) is 5.55. The molecular formula is C15H22O3. The van der Waals surface area contributed by atoms with Crippen molar-refractivity contribution in [2.75, 3.05) is 6.61 Å². The molecule has 2 fully saturated rings. The van der Waals surface area contributed by atoms with E-state index in [0.717, 1.165) is 25.7 Å². The van der Waals surface area contributed by atoms with Crippen molar-refractivity contribution in [1.29, 1.82) is 0 Å². The summed E-state index contributed by atoms with van der Waals surface area (Å²) in [7, 11) is 0. The van der Waals surface area contributed by atoms with Crippen LogP contribution in [0.2, 0.25) is 0 Å². The monoisotopic (exact) mass is 250 g/mol. The lowest BCUT2D eigenvalue weighted by atomic mass is 9.53. The standard InChI is InChI=1S/C15H22O3/c1-3-12-8-7-10-14(13(16)18-4-2)9-5-6-11-15(12,14)17/h1,12,17H,4-11H2,2H3/t12-,14+,15+/m0/s1. The van der Waals surface area contributed by atoms with Gasteiger partial charge in [-0.1, -0.05) is 19.3 Å². The van der Waals surface area contributed by atoms with Crippen LogP contribution in [0.4, 0.5) is 0 Å². The van der Waals surface area contributed by atoms with Crippen LogP contribution in [0.25, 0.3) is 0 Å². The fourth-order valence-corrected chi connectivity index (χ4v) is 3.84. The molecule has 0 saturated heterocycles. The Bertz CT molecular complexity index is 366. The number of carbonyl (C=O) groups is 1. The smallest absolute Gasteiger partial charge is 0.315 e. The summed E-state index contributed by atoms with van der Waals surface area (Å²) in [4.78, 5) is 12.4. The summed E-state index contributed by atoms with van der Waals surface area (Å²) < 4.78 is 5.23. The van der Waals surface area contributed by atoms with E-state index in [9.17, 15) is 9.90 Å². The molecule has 3 heteroatoms. The number of fused-ring (bicyclic) bond motifs is 1. The van der Waals surface area contributed by atoms with Crippen LogP contribution in [0.3, 0.4) is 0 Å². The largest absolute Gasteiger partial charge is 0.465 e. The van der Waals surface area contributed by atoms with Crippen LogP contribution in [0.15, 0.2) is 0 Å². The zero-order chi connectivity index (χ0) is 13.2. The topological polar surface area (TPSA) is 46.5 Å². The molecule has 0 radical (unpaired) electrons. The Morgan fingerprint density at radius 2 is 2.06 bits per heavy atom. The van der Waals surface area contributed by atoms with E-state index >= 15 is 0 Å². The van der Waals surface area contributed by atoms with Crippen LogP contribution in [0, 0.1) is 23.7 Å². The van der Waals surface area contributed by atoms with Crippen molar-refractivity contribution < 1.29 is 14.6 Å². The van der Waals surface area contributed by atoms with E-state index in [1.165, 1.54) is 0 Å². The second kappa shape index (κ2) is 4.93. The van der Waals surface area contributed by atoms with Crippen LogP contribution in [-0.2, 0) is 9.53 Å². The number of rotatable bonds is 2. The maximum Gasteiger partial charge on any atom is 0.315 e. The molecule has 0 heterocycles. The lowest BCUT2D eigenvalue weighted by molar-refractivity contribution is -0.200. The number of aliphatic hydroxyl groups is 1. The average Bonchev–Trinajstić information content (AvgIpc) is 2.37. The Balaban J connectivity index is 2.39. The normalized spacial score (nSPS) is 39.5. The van der Waals surface area contributed by atoms with Gasteiger partial charge in [-0.2, -0.15) is 0 Å². The van der Waals surface area contributed by atoms with Gasteiger partial charge in [-0.3, -0.25) is 4.79 Å². The molecule has 2 saturated carbocycles. The molecular weight excluding hydrogens is 228 g/mol. The first-order chi connectivity index (χ1) is 8.60. The average molecular weight is 250 g/mol. The van der Waals surface area contributed by atoms with Gasteiger partial charge in [0.05, 0.1) is 17.6 Å². The van der Waals surface area contributed by atoms with Gasteiger partial charge in [0.25, 0.3) is 0 Å². The highest BCUT2D eigenvalue weighted by molar-refractivity contribution is 5.79. The molecule has 0 unspecified atom stereocenters. The number of carbonyl (C=O) groups excluding carboxylic acids is 1. The van der Waals surface area contributed by atoms with Crippen LogP contribution in [0.1, 0.15) is 51.9 Å². The number of terminal acetylenes is 1. The van der Waals surface area contributed by atoms with Gasteiger partial charge in [0.2, 0.25) is 0 Å². The maximum atomic E-state index is 12.4. The van der Waals surface area contributed by atoms with E-state index in [1.54, 1.807) is 6.92 Å². The number of ether oxygens (including phenoxy) is 1. The van der Waals surface area contributed by atoms with E-state index < -0.39 is 11.0 Å². The van der Waals surface area contributed by atoms with Gasteiger partial charge in [-0.15, -0.1) is 12.3 Å². The van der Waals surface area contributed by atoms with Gasteiger partial charge < -0.3 is 9.84 Å². The van der Waals surface area contributed by atoms with Crippen molar-refractivity contribution in [3.8, 4) is 12.3 Å². The summed E-state index contributed by atoms with van der Waals surface area (Å²) in [6.45, 7) is 2.16. The zero-order valence-electron chi connectivity index (χ0n) is 11.1. The summed E-state index contributed by atoms with van der Waals surface area (Å²) in [5.41, 5.74) is -1.80. The van der Waals surface area contributed by atoms with E-state index in [1.807, 2.05) is 0 Å². The van der Waals surface area contributed by atoms with Crippen molar-refractivity contribution >= 4 is 5.97 Å². The van der Waals surface area contributed by atoms with E-state index in [-0.39, 0.29) is 11.9 Å². The molecule has 2 rings (SSSR count). The van der Waals surface area contributed by atoms with Crippen molar-refractivity contribution in [2.24, 2.45) is 11.3 Å². The zero-order valence-corrected chi connectivity index (χ0v) is 11.1. The maximum absolute atomic E-state index is 12.4. The first-order valence-corrected chi connectivity index (χ1v) is 6.96. The van der Waals surface area contributed by atoms with E-state index in [4.69, 9.17) is 11.2 Å². The molecule has 0 aliphatic heterocycles. The molecule has 2 aliphatic rings. The number of hydrogen-bond donors (Lipinski definition) is 1. The molecule has 1 N–H and O–H groups in total. The highest BCUT2D eigenvalue weighted by Crippen LogP contribution is 2.56. The predicted octanol–water partition coefficient (Wildman–Crippen LogP) is 2.27. The van der Waals surface area contributed by atoms with Gasteiger partial charge in [0.15, 0.2) is 0 Å². The fraction of sp³-hybridized carbons (Fsp3) is 0.800. The first-order valence-electron chi connectivity index (χ1n) is 6.96. The molecule has 0 aromatic rings. The van der Waals surface area contributed by atoms with Gasteiger partial charge >= 0.3 is 5.97 Å². The second-order valence-corrected chi connectivity index (χ2v) is 5.55. The predicted molar refractivity (Wildman–Crippen MR) is 68.7 cm³/mol. The first kappa shape index (κ1) is 13.4. The molecule has 100 valence electrons. The minimum absolute atomic E-state index is 0.212. The Kier molecular flexibility index (Phi) is 3.68. The Hall–Kier alpha value is -1.01. The summed E-state index contributed by atoms with van der Waals surface area (Å²) >= 11 is 0. The Labute approximate surface area is 109 Å². The molecule has 0 spiro atoms. The highest BCUT2D eigenvalue weighted by Gasteiger charge is 2.62. The third-order valence-corrected chi connectivity index (χ3v) is 4.78.